The van der Waals surface area contributed by atoms with Gasteiger partial charge in [0.1, 0.15) is 6.04 Å². The van der Waals surface area contributed by atoms with E-state index >= 15 is 0 Å². The molecule has 8 heteroatoms. The second kappa shape index (κ2) is 11.1. The number of hydrogen-bond acceptors (Lipinski definition) is 4. The summed E-state index contributed by atoms with van der Waals surface area (Å²) in [5.41, 5.74) is 2.75. The molecule has 0 spiro atoms. The summed E-state index contributed by atoms with van der Waals surface area (Å²) in [5.74, 6) is 0.366. The first-order chi connectivity index (χ1) is 14.9. The van der Waals surface area contributed by atoms with E-state index in [0.29, 0.717) is 30.1 Å². The molecule has 1 fully saturated rings. The Balaban J connectivity index is 1.66. The third kappa shape index (κ3) is 6.09. The summed E-state index contributed by atoms with van der Waals surface area (Å²) in [6.07, 6.45) is 2.55. The first kappa shape index (κ1) is 23.8. The minimum atomic E-state index is -0.586. The fourth-order valence-corrected chi connectivity index (χ4v) is 4.67. The lowest BCUT2D eigenvalue weighted by molar-refractivity contribution is -0.133. The van der Waals surface area contributed by atoms with Crippen molar-refractivity contribution < 1.29 is 9.59 Å². The van der Waals surface area contributed by atoms with Crippen LogP contribution in [-0.2, 0) is 4.79 Å². The Kier molecular flexibility index (Phi) is 8.52. The van der Waals surface area contributed by atoms with E-state index in [0.717, 1.165) is 18.8 Å². The normalized spacial score (nSPS) is 15.0. The topological polar surface area (TPSA) is 52.7 Å². The lowest BCUT2D eigenvalue weighted by atomic mass is 10.1. The molecular weight excluding hydrogens is 453 g/mol. The van der Waals surface area contributed by atoms with Crippen LogP contribution in [0.4, 0.5) is 5.69 Å². The van der Waals surface area contributed by atoms with Crippen molar-refractivity contribution in [3.05, 3.63) is 63.6 Å². The van der Waals surface area contributed by atoms with Crippen LogP contribution >= 0.6 is 35.0 Å². The van der Waals surface area contributed by atoms with Crippen LogP contribution in [0.25, 0.3) is 0 Å². The molecular formula is C23H27Cl2N3O2S. The molecule has 2 aromatic carbocycles. The Morgan fingerprint density at radius 3 is 2.45 bits per heavy atom. The number of thioether (sulfide) groups is 1. The van der Waals surface area contributed by atoms with Crippen molar-refractivity contribution >= 4 is 52.5 Å². The van der Waals surface area contributed by atoms with Crippen LogP contribution in [0.3, 0.4) is 0 Å². The van der Waals surface area contributed by atoms with Gasteiger partial charge in [0.2, 0.25) is 5.91 Å². The summed E-state index contributed by atoms with van der Waals surface area (Å²) in [6.45, 7) is 4.88. The number of nitrogens with one attached hydrogen (secondary N) is 1. The highest BCUT2D eigenvalue weighted by Crippen LogP contribution is 2.23. The van der Waals surface area contributed by atoms with Crippen molar-refractivity contribution in [2.24, 2.45) is 0 Å². The highest BCUT2D eigenvalue weighted by Gasteiger charge is 2.29. The van der Waals surface area contributed by atoms with Crippen LogP contribution in [0, 0.1) is 6.92 Å². The predicted octanol–water partition coefficient (Wildman–Crippen LogP) is 4.50. The molecule has 3 rings (SSSR count). The number of hydrogen-bond donors (Lipinski definition) is 1. The standard InChI is InChI=1S/C23H27Cl2N3O2S/c1-16-5-3-4-6-21(16)27-10-12-28(13-11-27)23(30)20(9-14-31-2)26-22(29)18-8-7-17(24)15-19(18)25/h3-8,15,20H,9-14H2,1-2H3,(H,26,29). The average Bonchev–Trinajstić information content (AvgIpc) is 2.76. The van der Waals surface area contributed by atoms with Crippen LogP contribution in [-0.4, -0.2) is 60.9 Å². The van der Waals surface area contributed by atoms with Gasteiger partial charge in [-0.3, -0.25) is 9.59 Å². The number of rotatable bonds is 7. The number of carbonyl (C=O) groups excluding carboxylic acids is 2. The zero-order valence-corrected chi connectivity index (χ0v) is 20.1. The second-order valence-corrected chi connectivity index (χ2v) is 9.36. The zero-order valence-electron chi connectivity index (χ0n) is 17.7. The maximum absolute atomic E-state index is 13.2. The van der Waals surface area contributed by atoms with Crippen molar-refractivity contribution in [3.63, 3.8) is 0 Å². The Morgan fingerprint density at radius 1 is 1.10 bits per heavy atom. The van der Waals surface area contributed by atoms with Gasteiger partial charge >= 0.3 is 0 Å². The molecule has 1 unspecified atom stereocenters. The van der Waals surface area contributed by atoms with Gasteiger partial charge in [0.05, 0.1) is 10.6 Å². The molecule has 2 amide bonds. The second-order valence-electron chi connectivity index (χ2n) is 7.53. The predicted molar refractivity (Wildman–Crippen MR) is 131 cm³/mol. The highest BCUT2D eigenvalue weighted by atomic mass is 35.5. The zero-order chi connectivity index (χ0) is 22.4. The molecule has 0 aromatic heterocycles. The summed E-state index contributed by atoms with van der Waals surface area (Å²) in [6, 6.07) is 12.4. The van der Waals surface area contributed by atoms with E-state index in [1.165, 1.54) is 17.3 Å². The molecule has 1 heterocycles. The molecule has 31 heavy (non-hydrogen) atoms. The van der Waals surface area contributed by atoms with Crippen molar-refractivity contribution in [1.82, 2.24) is 10.2 Å². The number of anilines is 1. The number of amides is 2. The van der Waals surface area contributed by atoms with E-state index in [4.69, 9.17) is 23.2 Å². The van der Waals surface area contributed by atoms with Crippen LogP contribution in [0.1, 0.15) is 22.3 Å². The van der Waals surface area contributed by atoms with Crippen molar-refractivity contribution in [2.75, 3.05) is 43.1 Å². The summed E-state index contributed by atoms with van der Waals surface area (Å²) < 4.78 is 0. The van der Waals surface area contributed by atoms with Gasteiger partial charge in [-0.15, -0.1) is 0 Å². The molecule has 0 aliphatic carbocycles. The molecule has 1 N–H and O–H groups in total. The van der Waals surface area contributed by atoms with Crippen LogP contribution in [0.2, 0.25) is 10.0 Å². The maximum atomic E-state index is 13.2. The lowest BCUT2D eigenvalue weighted by Gasteiger charge is -2.38. The fraction of sp³-hybridized carbons (Fsp3) is 0.391. The molecule has 166 valence electrons. The Morgan fingerprint density at radius 2 is 1.81 bits per heavy atom. The third-order valence-corrected chi connectivity index (χ3v) is 6.63. The molecule has 0 radical (unpaired) electrons. The molecule has 1 aliphatic rings. The number of aryl methyl sites for hydroxylation is 1. The summed E-state index contributed by atoms with van der Waals surface area (Å²) in [4.78, 5) is 30.2. The minimum Gasteiger partial charge on any atom is -0.368 e. The van der Waals surface area contributed by atoms with Gasteiger partial charge in [0.25, 0.3) is 5.91 Å². The van der Waals surface area contributed by atoms with E-state index in [2.05, 4.69) is 29.3 Å². The van der Waals surface area contributed by atoms with Crippen LogP contribution < -0.4 is 10.2 Å². The Labute approximate surface area is 198 Å². The molecule has 0 saturated carbocycles. The molecule has 2 aromatic rings. The Bertz CT molecular complexity index is 933. The van der Waals surface area contributed by atoms with Gasteiger partial charge in [-0.2, -0.15) is 11.8 Å². The monoisotopic (exact) mass is 479 g/mol. The van der Waals surface area contributed by atoms with E-state index in [1.54, 1.807) is 23.9 Å². The molecule has 1 saturated heterocycles. The molecule has 0 bridgehead atoms. The average molecular weight is 480 g/mol. The largest absolute Gasteiger partial charge is 0.368 e. The number of carbonyl (C=O) groups is 2. The lowest BCUT2D eigenvalue weighted by Crippen LogP contribution is -2.55. The van der Waals surface area contributed by atoms with Crippen LogP contribution in [0.15, 0.2) is 42.5 Å². The first-order valence-electron chi connectivity index (χ1n) is 10.2. The summed E-state index contributed by atoms with van der Waals surface area (Å²) in [5, 5.41) is 3.63. The van der Waals surface area contributed by atoms with Crippen molar-refractivity contribution in [3.8, 4) is 0 Å². The van der Waals surface area contributed by atoms with Gasteiger partial charge in [0.15, 0.2) is 0 Å². The fourth-order valence-electron chi connectivity index (χ4n) is 3.71. The minimum absolute atomic E-state index is 0.0445. The van der Waals surface area contributed by atoms with E-state index < -0.39 is 6.04 Å². The molecule has 1 aliphatic heterocycles. The first-order valence-corrected chi connectivity index (χ1v) is 12.4. The van der Waals surface area contributed by atoms with Gasteiger partial charge in [0, 0.05) is 36.9 Å². The number of nitrogens with zero attached hydrogens (tertiary/aromatic N) is 2. The Hall–Kier alpha value is -1.89. The number of para-hydroxylation sites is 1. The number of halogens is 2. The summed E-state index contributed by atoms with van der Waals surface area (Å²) >= 11 is 13.8. The third-order valence-electron chi connectivity index (χ3n) is 5.44. The van der Waals surface area contributed by atoms with E-state index in [-0.39, 0.29) is 16.8 Å². The number of benzene rings is 2. The quantitative estimate of drug-likeness (QED) is 0.634. The molecule has 1 atom stereocenters. The van der Waals surface area contributed by atoms with Gasteiger partial charge < -0.3 is 15.1 Å². The smallest absolute Gasteiger partial charge is 0.253 e. The number of piperazine rings is 1. The summed E-state index contributed by atoms with van der Waals surface area (Å²) in [7, 11) is 0. The van der Waals surface area contributed by atoms with Gasteiger partial charge in [-0.25, -0.2) is 0 Å². The highest BCUT2D eigenvalue weighted by molar-refractivity contribution is 7.98. The maximum Gasteiger partial charge on any atom is 0.253 e. The van der Waals surface area contributed by atoms with E-state index in [9.17, 15) is 9.59 Å². The van der Waals surface area contributed by atoms with Crippen molar-refractivity contribution in [2.45, 2.75) is 19.4 Å². The van der Waals surface area contributed by atoms with Gasteiger partial charge in [-0.1, -0.05) is 41.4 Å². The molecule has 5 nitrogen and oxygen atoms in total. The SMILES string of the molecule is CSCCC(NC(=O)c1ccc(Cl)cc1Cl)C(=O)N1CCN(c2ccccc2C)CC1. The van der Waals surface area contributed by atoms with E-state index in [1.807, 2.05) is 23.3 Å². The van der Waals surface area contributed by atoms with Crippen LogP contribution in [0.5, 0.6) is 0 Å². The van der Waals surface area contributed by atoms with Gasteiger partial charge in [-0.05, 0) is 55.2 Å². The van der Waals surface area contributed by atoms with Crippen molar-refractivity contribution in [1.29, 1.82) is 0 Å².